The zero-order valence-corrected chi connectivity index (χ0v) is 9.32. The quantitative estimate of drug-likeness (QED) is 0.888. The van der Waals surface area contributed by atoms with E-state index in [4.69, 9.17) is 22.1 Å². The summed E-state index contributed by atoms with van der Waals surface area (Å²) in [6.07, 6.45) is 3.34. The number of ether oxygens (including phenoxy) is 1. The fourth-order valence-corrected chi connectivity index (χ4v) is 1.49. The maximum absolute atomic E-state index is 6.00. The first kappa shape index (κ1) is 10.9. The molecule has 0 aliphatic carbocycles. The van der Waals surface area contributed by atoms with Gasteiger partial charge in [0.2, 0.25) is 0 Å². The summed E-state index contributed by atoms with van der Waals surface area (Å²) in [6.45, 7) is 0.383. The second-order valence-corrected chi connectivity index (χ2v) is 3.63. The van der Waals surface area contributed by atoms with Crippen molar-refractivity contribution < 1.29 is 4.74 Å². The van der Waals surface area contributed by atoms with E-state index in [1.807, 2.05) is 18.2 Å². The molecule has 0 bridgehead atoms. The average molecular weight is 235 g/mol. The largest absolute Gasteiger partial charge is 0.455 e. The van der Waals surface area contributed by atoms with Crippen LogP contribution in [0.15, 0.2) is 42.7 Å². The lowest BCUT2D eigenvalue weighted by Gasteiger charge is -2.10. The Morgan fingerprint density at radius 3 is 2.75 bits per heavy atom. The van der Waals surface area contributed by atoms with Gasteiger partial charge in [-0.1, -0.05) is 23.7 Å². The standard InChI is InChI=1S/C12H11ClN2O/c13-10-3-1-2-4-12(10)16-11-5-6-15-8-9(11)7-14/h1-6,8H,7,14H2. The summed E-state index contributed by atoms with van der Waals surface area (Å²) in [6, 6.07) is 9.07. The lowest BCUT2D eigenvalue weighted by atomic mass is 10.2. The monoisotopic (exact) mass is 234 g/mol. The van der Waals surface area contributed by atoms with E-state index in [0.717, 1.165) is 5.56 Å². The second kappa shape index (κ2) is 4.96. The van der Waals surface area contributed by atoms with E-state index >= 15 is 0 Å². The zero-order chi connectivity index (χ0) is 11.4. The molecule has 1 aromatic carbocycles. The highest BCUT2D eigenvalue weighted by Crippen LogP contribution is 2.30. The summed E-state index contributed by atoms with van der Waals surface area (Å²) in [5.41, 5.74) is 6.44. The van der Waals surface area contributed by atoms with Gasteiger partial charge in [-0.2, -0.15) is 0 Å². The molecule has 0 saturated heterocycles. The Kier molecular flexibility index (Phi) is 3.39. The van der Waals surface area contributed by atoms with Crippen molar-refractivity contribution in [1.82, 2.24) is 4.98 Å². The van der Waals surface area contributed by atoms with Crippen LogP contribution in [0.5, 0.6) is 11.5 Å². The molecule has 3 nitrogen and oxygen atoms in total. The lowest BCUT2D eigenvalue weighted by molar-refractivity contribution is 0.475. The van der Waals surface area contributed by atoms with Crippen molar-refractivity contribution in [3.8, 4) is 11.5 Å². The van der Waals surface area contributed by atoms with Crippen LogP contribution >= 0.6 is 11.6 Å². The summed E-state index contributed by atoms with van der Waals surface area (Å²) in [5, 5.41) is 0.572. The fraction of sp³-hybridized carbons (Fsp3) is 0.0833. The summed E-state index contributed by atoms with van der Waals surface area (Å²) in [5.74, 6) is 1.30. The number of hydrogen-bond donors (Lipinski definition) is 1. The number of nitrogens with zero attached hydrogens (tertiary/aromatic N) is 1. The molecular weight excluding hydrogens is 224 g/mol. The van der Waals surface area contributed by atoms with Gasteiger partial charge in [-0.05, 0) is 18.2 Å². The molecule has 0 atom stereocenters. The molecule has 1 heterocycles. The van der Waals surface area contributed by atoms with Gasteiger partial charge in [-0.15, -0.1) is 0 Å². The van der Waals surface area contributed by atoms with E-state index in [-0.39, 0.29) is 0 Å². The molecule has 0 radical (unpaired) electrons. The topological polar surface area (TPSA) is 48.1 Å². The third-order valence-electron chi connectivity index (χ3n) is 2.14. The molecule has 0 amide bonds. The van der Waals surface area contributed by atoms with Crippen LogP contribution in [-0.4, -0.2) is 4.98 Å². The van der Waals surface area contributed by atoms with Crippen molar-refractivity contribution >= 4 is 11.6 Å². The number of hydrogen-bond acceptors (Lipinski definition) is 3. The summed E-state index contributed by atoms with van der Waals surface area (Å²) >= 11 is 6.00. The highest BCUT2D eigenvalue weighted by atomic mass is 35.5. The van der Waals surface area contributed by atoms with Crippen LogP contribution in [0, 0.1) is 0 Å². The summed E-state index contributed by atoms with van der Waals surface area (Å²) in [7, 11) is 0. The van der Waals surface area contributed by atoms with Crippen molar-refractivity contribution in [3.05, 3.63) is 53.3 Å². The molecule has 0 aliphatic heterocycles. The molecule has 4 heteroatoms. The van der Waals surface area contributed by atoms with Crippen molar-refractivity contribution in [2.45, 2.75) is 6.54 Å². The van der Waals surface area contributed by atoms with Crippen LogP contribution in [0.2, 0.25) is 5.02 Å². The Morgan fingerprint density at radius 2 is 2.00 bits per heavy atom. The zero-order valence-electron chi connectivity index (χ0n) is 8.56. The van der Waals surface area contributed by atoms with Crippen LogP contribution < -0.4 is 10.5 Å². The molecule has 0 spiro atoms. The Balaban J connectivity index is 2.30. The Morgan fingerprint density at radius 1 is 1.19 bits per heavy atom. The molecule has 2 aromatic rings. The second-order valence-electron chi connectivity index (χ2n) is 3.22. The van der Waals surface area contributed by atoms with Crippen LogP contribution in [0.4, 0.5) is 0 Å². The van der Waals surface area contributed by atoms with Gasteiger partial charge in [0, 0.05) is 24.5 Å². The predicted molar refractivity (Wildman–Crippen MR) is 63.7 cm³/mol. The molecule has 2 rings (SSSR count). The smallest absolute Gasteiger partial charge is 0.146 e. The highest BCUT2D eigenvalue weighted by Gasteiger charge is 2.05. The SMILES string of the molecule is NCc1cnccc1Oc1ccccc1Cl. The van der Waals surface area contributed by atoms with Crippen LogP contribution in [0.25, 0.3) is 0 Å². The van der Waals surface area contributed by atoms with Crippen molar-refractivity contribution in [1.29, 1.82) is 0 Å². The average Bonchev–Trinajstić information content (AvgIpc) is 2.33. The van der Waals surface area contributed by atoms with E-state index in [0.29, 0.717) is 23.1 Å². The molecular formula is C12H11ClN2O. The molecule has 2 N–H and O–H groups in total. The maximum atomic E-state index is 6.00. The molecule has 0 unspecified atom stereocenters. The summed E-state index contributed by atoms with van der Waals surface area (Å²) < 4.78 is 5.68. The molecule has 1 aromatic heterocycles. The third kappa shape index (κ3) is 2.32. The van der Waals surface area contributed by atoms with E-state index < -0.39 is 0 Å². The Labute approximate surface area is 98.8 Å². The third-order valence-corrected chi connectivity index (χ3v) is 2.45. The number of pyridine rings is 1. The number of para-hydroxylation sites is 1. The van der Waals surface area contributed by atoms with Crippen LogP contribution in [0.1, 0.15) is 5.56 Å². The van der Waals surface area contributed by atoms with Crippen molar-refractivity contribution in [2.24, 2.45) is 5.73 Å². The number of aromatic nitrogens is 1. The van der Waals surface area contributed by atoms with E-state index in [1.54, 1.807) is 24.5 Å². The van der Waals surface area contributed by atoms with Crippen LogP contribution in [0.3, 0.4) is 0 Å². The number of rotatable bonds is 3. The van der Waals surface area contributed by atoms with Gasteiger partial charge in [-0.3, -0.25) is 4.98 Å². The van der Waals surface area contributed by atoms with Gasteiger partial charge < -0.3 is 10.5 Å². The number of benzene rings is 1. The molecule has 82 valence electrons. The minimum atomic E-state index is 0.383. The number of halogens is 1. The molecule has 0 saturated carbocycles. The first-order chi connectivity index (χ1) is 7.81. The van der Waals surface area contributed by atoms with Crippen LogP contribution in [-0.2, 0) is 6.54 Å². The van der Waals surface area contributed by atoms with E-state index in [9.17, 15) is 0 Å². The van der Waals surface area contributed by atoms with Gasteiger partial charge >= 0.3 is 0 Å². The van der Waals surface area contributed by atoms with E-state index in [2.05, 4.69) is 4.98 Å². The lowest BCUT2D eigenvalue weighted by Crippen LogP contribution is -2.00. The Hall–Kier alpha value is -1.58. The first-order valence-corrected chi connectivity index (χ1v) is 5.24. The fourth-order valence-electron chi connectivity index (χ4n) is 1.31. The Bertz CT molecular complexity index is 488. The molecule has 0 aliphatic rings. The van der Waals surface area contributed by atoms with Crippen molar-refractivity contribution in [3.63, 3.8) is 0 Å². The van der Waals surface area contributed by atoms with Gasteiger partial charge in [0.15, 0.2) is 0 Å². The molecule has 16 heavy (non-hydrogen) atoms. The minimum absolute atomic E-state index is 0.383. The highest BCUT2D eigenvalue weighted by molar-refractivity contribution is 6.32. The van der Waals surface area contributed by atoms with Gasteiger partial charge in [-0.25, -0.2) is 0 Å². The summed E-state index contributed by atoms with van der Waals surface area (Å²) in [4.78, 5) is 3.99. The van der Waals surface area contributed by atoms with Gasteiger partial charge in [0.25, 0.3) is 0 Å². The number of nitrogens with two attached hydrogens (primary N) is 1. The maximum Gasteiger partial charge on any atom is 0.146 e. The minimum Gasteiger partial charge on any atom is -0.455 e. The molecule has 0 fully saturated rings. The van der Waals surface area contributed by atoms with E-state index in [1.165, 1.54) is 0 Å². The predicted octanol–water partition coefficient (Wildman–Crippen LogP) is 2.99. The van der Waals surface area contributed by atoms with Crippen molar-refractivity contribution in [2.75, 3.05) is 0 Å². The first-order valence-electron chi connectivity index (χ1n) is 4.86. The van der Waals surface area contributed by atoms with Gasteiger partial charge in [0.05, 0.1) is 5.02 Å². The van der Waals surface area contributed by atoms with Gasteiger partial charge in [0.1, 0.15) is 11.5 Å². The normalized spacial score (nSPS) is 10.1.